The first-order valence-electron chi connectivity index (χ1n) is 10.1. The third kappa shape index (κ3) is 3.74. The number of thiophene rings is 1. The van der Waals surface area contributed by atoms with Crippen LogP contribution in [0.2, 0.25) is 0 Å². The van der Waals surface area contributed by atoms with E-state index in [1.807, 2.05) is 0 Å². The third-order valence-electron chi connectivity index (χ3n) is 5.69. The van der Waals surface area contributed by atoms with E-state index in [4.69, 9.17) is 0 Å². The molecule has 142 valence electrons. The van der Waals surface area contributed by atoms with Gasteiger partial charge in [-0.1, -0.05) is 36.8 Å². The number of aryl methyl sites for hydroxylation is 2. The molecule has 3 nitrogen and oxygen atoms in total. The zero-order valence-corrected chi connectivity index (χ0v) is 17.1. The zero-order chi connectivity index (χ0) is 18.8. The fourth-order valence-corrected chi connectivity index (χ4v) is 5.24. The Morgan fingerprint density at radius 3 is 2.67 bits per heavy atom. The molecule has 4 rings (SSSR count). The predicted octanol–water partition coefficient (Wildman–Crippen LogP) is 4.51. The summed E-state index contributed by atoms with van der Waals surface area (Å²) in [4.78, 5) is 17.2. The summed E-state index contributed by atoms with van der Waals surface area (Å²) in [6, 6.07) is 11.0. The van der Waals surface area contributed by atoms with Gasteiger partial charge in [-0.25, -0.2) is 0 Å². The molecule has 4 heteroatoms. The standard InChI is InChI=1S/C23H28N2OS/c1-3-12-24-23(26)21-15-19-20(27-21)9-8-16-6-4-5-7-18(16)22(19)17-10-13-25(2)14-11-17/h4-7,15H,3,8-14H2,1-2H3,(H,24,26). The first kappa shape index (κ1) is 18.5. The number of amides is 1. The topological polar surface area (TPSA) is 32.3 Å². The van der Waals surface area contributed by atoms with Gasteiger partial charge in [0.25, 0.3) is 5.91 Å². The van der Waals surface area contributed by atoms with Gasteiger partial charge in [0.2, 0.25) is 0 Å². The first-order chi connectivity index (χ1) is 13.2. The first-order valence-corrected chi connectivity index (χ1v) is 10.9. The Morgan fingerprint density at radius 2 is 1.89 bits per heavy atom. The van der Waals surface area contributed by atoms with Crippen molar-refractivity contribution in [2.24, 2.45) is 0 Å². The van der Waals surface area contributed by atoms with Crippen molar-refractivity contribution in [2.75, 3.05) is 26.7 Å². The van der Waals surface area contributed by atoms with Crippen molar-refractivity contribution in [3.63, 3.8) is 0 Å². The molecule has 0 bridgehead atoms. The normalized spacial score (nSPS) is 17.3. The highest BCUT2D eigenvalue weighted by Gasteiger charge is 2.26. The molecule has 0 atom stereocenters. The molecular formula is C23H28N2OS. The second-order valence-electron chi connectivity index (χ2n) is 7.64. The lowest BCUT2D eigenvalue weighted by Crippen LogP contribution is -2.27. The average Bonchev–Trinajstić information content (AvgIpc) is 3.04. The molecule has 1 fully saturated rings. The SMILES string of the molecule is CCCNC(=O)c1cc2c(s1)CCc1ccccc1C2=C1CCN(C)CC1. The molecule has 0 radical (unpaired) electrons. The van der Waals surface area contributed by atoms with Gasteiger partial charge in [-0.05, 0) is 67.5 Å². The molecule has 2 heterocycles. The molecule has 2 aliphatic rings. The van der Waals surface area contributed by atoms with Crippen LogP contribution < -0.4 is 5.32 Å². The highest BCUT2D eigenvalue weighted by Crippen LogP contribution is 2.41. The average molecular weight is 381 g/mol. The Hall–Kier alpha value is -1.91. The van der Waals surface area contributed by atoms with E-state index in [2.05, 4.69) is 54.5 Å². The lowest BCUT2D eigenvalue weighted by Gasteiger charge is -2.27. The van der Waals surface area contributed by atoms with E-state index >= 15 is 0 Å². The molecule has 1 aliphatic carbocycles. The maximum Gasteiger partial charge on any atom is 0.261 e. The molecule has 0 saturated carbocycles. The summed E-state index contributed by atoms with van der Waals surface area (Å²) in [5, 5.41) is 3.04. The number of hydrogen-bond donors (Lipinski definition) is 1. The number of rotatable bonds is 3. The summed E-state index contributed by atoms with van der Waals surface area (Å²) >= 11 is 1.69. The Bertz CT molecular complexity index is 870. The van der Waals surface area contributed by atoms with E-state index in [-0.39, 0.29) is 5.91 Å². The van der Waals surface area contributed by atoms with E-state index in [9.17, 15) is 4.79 Å². The van der Waals surface area contributed by atoms with Crippen LogP contribution in [0.5, 0.6) is 0 Å². The molecular weight excluding hydrogens is 352 g/mol. The van der Waals surface area contributed by atoms with E-state index in [1.54, 1.807) is 16.9 Å². The fourth-order valence-electron chi connectivity index (χ4n) is 4.16. The minimum Gasteiger partial charge on any atom is -0.351 e. The monoisotopic (exact) mass is 380 g/mol. The van der Waals surface area contributed by atoms with Crippen molar-refractivity contribution < 1.29 is 4.79 Å². The molecule has 0 unspecified atom stereocenters. The van der Waals surface area contributed by atoms with Gasteiger partial charge < -0.3 is 10.2 Å². The van der Waals surface area contributed by atoms with Crippen LogP contribution in [0.4, 0.5) is 0 Å². The van der Waals surface area contributed by atoms with Crippen LogP contribution in [0.15, 0.2) is 35.9 Å². The van der Waals surface area contributed by atoms with Crippen LogP contribution >= 0.6 is 11.3 Å². The molecule has 1 aromatic heterocycles. The molecule has 27 heavy (non-hydrogen) atoms. The Labute approximate surface area is 166 Å². The number of nitrogens with one attached hydrogen (secondary N) is 1. The van der Waals surface area contributed by atoms with Gasteiger partial charge in [-0.15, -0.1) is 11.3 Å². The molecule has 0 spiro atoms. The van der Waals surface area contributed by atoms with Gasteiger partial charge in [0.05, 0.1) is 4.88 Å². The molecule has 1 aromatic carbocycles. The second-order valence-corrected chi connectivity index (χ2v) is 8.78. The van der Waals surface area contributed by atoms with Crippen LogP contribution in [-0.2, 0) is 12.8 Å². The molecule has 1 aliphatic heterocycles. The maximum absolute atomic E-state index is 12.6. The van der Waals surface area contributed by atoms with Crippen LogP contribution in [-0.4, -0.2) is 37.5 Å². The van der Waals surface area contributed by atoms with E-state index in [0.29, 0.717) is 0 Å². The summed E-state index contributed by atoms with van der Waals surface area (Å²) in [6.07, 6.45) is 5.28. The number of carbonyl (C=O) groups excluding carboxylic acids is 1. The minimum atomic E-state index is 0.0796. The highest BCUT2D eigenvalue weighted by atomic mass is 32.1. The summed E-state index contributed by atoms with van der Waals surface area (Å²) in [5.41, 5.74) is 7.11. The van der Waals surface area contributed by atoms with Gasteiger partial charge in [0, 0.05) is 24.5 Å². The summed E-state index contributed by atoms with van der Waals surface area (Å²) in [6.45, 7) is 5.06. The van der Waals surface area contributed by atoms with Crippen LogP contribution in [0.25, 0.3) is 5.57 Å². The van der Waals surface area contributed by atoms with Gasteiger partial charge in [0.15, 0.2) is 0 Å². The minimum absolute atomic E-state index is 0.0796. The van der Waals surface area contributed by atoms with E-state index in [1.165, 1.54) is 27.1 Å². The van der Waals surface area contributed by atoms with Crippen molar-refractivity contribution in [3.8, 4) is 0 Å². The Morgan fingerprint density at radius 1 is 1.11 bits per heavy atom. The molecule has 2 aromatic rings. The number of piperidine rings is 1. The number of nitrogens with zero attached hydrogens (tertiary/aromatic N) is 1. The van der Waals surface area contributed by atoms with Crippen LogP contribution in [0.3, 0.4) is 0 Å². The lowest BCUT2D eigenvalue weighted by molar-refractivity contribution is 0.0957. The Kier molecular flexibility index (Phi) is 5.46. The quantitative estimate of drug-likeness (QED) is 0.849. The number of fused-ring (bicyclic) bond motifs is 2. The number of hydrogen-bond acceptors (Lipinski definition) is 3. The second kappa shape index (κ2) is 7.99. The van der Waals surface area contributed by atoms with Gasteiger partial charge in [-0.2, -0.15) is 0 Å². The maximum atomic E-state index is 12.6. The van der Waals surface area contributed by atoms with Crippen molar-refractivity contribution in [2.45, 2.75) is 39.0 Å². The predicted molar refractivity (Wildman–Crippen MR) is 114 cm³/mol. The van der Waals surface area contributed by atoms with Crippen molar-refractivity contribution in [3.05, 3.63) is 62.3 Å². The summed E-state index contributed by atoms with van der Waals surface area (Å²) < 4.78 is 0. The van der Waals surface area contributed by atoms with Crippen molar-refractivity contribution in [1.29, 1.82) is 0 Å². The smallest absolute Gasteiger partial charge is 0.261 e. The summed E-state index contributed by atoms with van der Waals surface area (Å²) in [5.74, 6) is 0.0796. The molecule has 1 saturated heterocycles. The van der Waals surface area contributed by atoms with E-state index in [0.717, 1.165) is 56.6 Å². The number of likely N-dealkylation sites (tertiary alicyclic amines) is 1. The third-order valence-corrected chi connectivity index (χ3v) is 6.88. The Balaban J connectivity index is 1.81. The molecule has 1 N–H and O–H groups in total. The highest BCUT2D eigenvalue weighted by molar-refractivity contribution is 7.14. The lowest BCUT2D eigenvalue weighted by atomic mass is 9.87. The van der Waals surface area contributed by atoms with E-state index < -0.39 is 0 Å². The van der Waals surface area contributed by atoms with Crippen LogP contribution in [0.1, 0.15) is 57.4 Å². The number of carbonyl (C=O) groups is 1. The van der Waals surface area contributed by atoms with Gasteiger partial charge >= 0.3 is 0 Å². The number of benzene rings is 1. The van der Waals surface area contributed by atoms with Gasteiger partial charge in [-0.3, -0.25) is 4.79 Å². The fraction of sp³-hybridized carbons (Fsp3) is 0.435. The van der Waals surface area contributed by atoms with Crippen molar-refractivity contribution in [1.82, 2.24) is 10.2 Å². The van der Waals surface area contributed by atoms with Crippen molar-refractivity contribution >= 4 is 22.8 Å². The largest absolute Gasteiger partial charge is 0.351 e. The summed E-state index contributed by atoms with van der Waals surface area (Å²) in [7, 11) is 2.20. The zero-order valence-electron chi connectivity index (χ0n) is 16.3. The van der Waals surface area contributed by atoms with Gasteiger partial charge in [0.1, 0.15) is 0 Å². The van der Waals surface area contributed by atoms with Crippen LogP contribution in [0, 0.1) is 0 Å². The molecule has 1 amide bonds.